The normalized spacial score (nSPS) is 12.5. The van der Waals surface area contributed by atoms with Crippen LogP contribution in [-0.4, -0.2) is 53.6 Å². The molecule has 5 N–H and O–H groups in total. The number of fused-ring (bicyclic) bond motifs is 1. The highest BCUT2D eigenvalue weighted by molar-refractivity contribution is 7.89. The average molecular weight is 478 g/mol. The molecule has 0 saturated carbocycles. The van der Waals surface area contributed by atoms with Gasteiger partial charge in [0.25, 0.3) is 0 Å². The van der Waals surface area contributed by atoms with E-state index in [1.807, 2.05) is 51.0 Å². The van der Waals surface area contributed by atoms with E-state index in [0.29, 0.717) is 24.1 Å². The van der Waals surface area contributed by atoms with Gasteiger partial charge in [-0.3, -0.25) is 9.79 Å². The van der Waals surface area contributed by atoms with Crippen LogP contribution in [0.3, 0.4) is 0 Å². The Bertz CT molecular complexity index is 1080. The molecule has 0 bridgehead atoms. The van der Waals surface area contributed by atoms with Crippen molar-refractivity contribution in [1.29, 1.82) is 0 Å². The molecule has 0 radical (unpaired) electrons. The SMILES string of the molecule is CC(C)CCOC(=O)[C@H](CCCN=C(N)N)NS(=O)(=O)c1cccc2c(N(C)C)cccc12. The van der Waals surface area contributed by atoms with E-state index in [0.717, 1.165) is 11.1 Å². The largest absolute Gasteiger partial charge is 0.464 e. The molecule has 0 aliphatic carbocycles. The van der Waals surface area contributed by atoms with E-state index in [-0.39, 0.29) is 30.4 Å². The summed E-state index contributed by atoms with van der Waals surface area (Å²) in [5.74, 6) is -0.311. The van der Waals surface area contributed by atoms with Gasteiger partial charge in [0.15, 0.2) is 5.96 Å². The van der Waals surface area contributed by atoms with Crippen LogP contribution in [0.4, 0.5) is 5.69 Å². The van der Waals surface area contributed by atoms with Crippen LogP contribution in [0, 0.1) is 5.92 Å². The summed E-state index contributed by atoms with van der Waals surface area (Å²) in [6, 6.07) is 9.53. The lowest BCUT2D eigenvalue weighted by Crippen LogP contribution is -2.42. The third-order valence-corrected chi connectivity index (χ3v) is 6.63. The highest BCUT2D eigenvalue weighted by atomic mass is 32.2. The molecule has 0 aliphatic heterocycles. The van der Waals surface area contributed by atoms with Gasteiger partial charge in [-0.1, -0.05) is 38.1 Å². The Labute approximate surface area is 196 Å². The lowest BCUT2D eigenvalue weighted by molar-refractivity contribution is -0.146. The number of anilines is 1. The van der Waals surface area contributed by atoms with E-state index in [4.69, 9.17) is 16.2 Å². The van der Waals surface area contributed by atoms with Crippen molar-refractivity contribution in [2.24, 2.45) is 22.4 Å². The number of nitrogens with zero attached hydrogens (tertiary/aromatic N) is 2. The molecule has 1 atom stereocenters. The number of carbonyl (C=O) groups excluding carboxylic acids is 1. The van der Waals surface area contributed by atoms with Crippen LogP contribution in [0.2, 0.25) is 0 Å². The van der Waals surface area contributed by atoms with Crippen molar-refractivity contribution in [3.8, 4) is 0 Å². The summed E-state index contributed by atoms with van der Waals surface area (Å²) in [5.41, 5.74) is 11.6. The monoisotopic (exact) mass is 477 g/mol. The summed E-state index contributed by atoms with van der Waals surface area (Å²) < 4.78 is 34.6. The van der Waals surface area contributed by atoms with E-state index in [1.54, 1.807) is 12.1 Å². The van der Waals surface area contributed by atoms with Crippen molar-refractivity contribution in [3.63, 3.8) is 0 Å². The van der Waals surface area contributed by atoms with Crippen molar-refractivity contribution >= 4 is 38.4 Å². The second-order valence-corrected chi connectivity index (χ2v) is 10.2. The molecule has 33 heavy (non-hydrogen) atoms. The minimum absolute atomic E-state index is 0.0564. The van der Waals surface area contributed by atoms with E-state index in [1.165, 1.54) is 6.07 Å². The van der Waals surface area contributed by atoms with Crippen LogP contribution in [0.15, 0.2) is 46.3 Å². The Kier molecular flexibility index (Phi) is 9.48. The molecule has 2 aromatic carbocycles. The molecule has 9 nitrogen and oxygen atoms in total. The quantitative estimate of drug-likeness (QED) is 0.184. The van der Waals surface area contributed by atoms with Gasteiger partial charge in [0.05, 0.1) is 11.5 Å². The van der Waals surface area contributed by atoms with Gasteiger partial charge >= 0.3 is 5.97 Å². The zero-order valence-electron chi connectivity index (χ0n) is 19.7. The lowest BCUT2D eigenvalue weighted by atomic mass is 10.1. The van der Waals surface area contributed by atoms with Gasteiger partial charge in [-0.25, -0.2) is 8.42 Å². The highest BCUT2D eigenvalue weighted by Gasteiger charge is 2.28. The number of nitrogens with two attached hydrogens (primary N) is 2. The number of guanidine groups is 1. The second kappa shape index (κ2) is 11.9. The van der Waals surface area contributed by atoms with Crippen LogP contribution >= 0.6 is 0 Å². The molecular weight excluding hydrogens is 442 g/mol. The zero-order valence-corrected chi connectivity index (χ0v) is 20.6. The first-order valence-electron chi connectivity index (χ1n) is 11.0. The molecule has 0 aliphatic rings. The third-order valence-electron chi connectivity index (χ3n) is 5.10. The molecule has 0 amide bonds. The predicted octanol–water partition coefficient (Wildman–Crippen LogP) is 2.20. The number of nitrogens with one attached hydrogen (secondary N) is 1. The molecule has 0 aromatic heterocycles. The van der Waals surface area contributed by atoms with Gasteiger partial charge < -0.3 is 21.1 Å². The average Bonchev–Trinajstić information content (AvgIpc) is 2.74. The van der Waals surface area contributed by atoms with Gasteiger partial charge in [0.1, 0.15) is 6.04 Å². The fraction of sp³-hybridized carbons (Fsp3) is 0.478. The Balaban J connectivity index is 2.32. The minimum atomic E-state index is -4.02. The van der Waals surface area contributed by atoms with Gasteiger partial charge in [0.2, 0.25) is 10.0 Å². The number of ether oxygens (including phenoxy) is 1. The van der Waals surface area contributed by atoms with E-state index < -0.39 is 22.0 Å². The Morgan fingerprint density at radius 2 is 1.76 bits per heavy atom. The van der Waals surface area contributed by atoms with Crippen LogP contribution in [0.25, 0.3) is 10.8 Å². The first-order valence-corrected chi connectivity index (χ1v) is 12.4. The van der Waals surface area contributed by atoms with Gasteiger partial charge in [-0.05, 0) is 37.3 Å². The Hall–Kier alpha value is -2.85. The van der Waals surface area contributed by atoms with Gasteiger partial charge in [-0.2, -0.15) is 4.72 Å². The highest BCUT2D eigenvalue weighted by Crippen LogP contribution is 2.30. The Morgan fingerprint density at radius 1 is 1.09 bits per heavy atom. The van der Waals surface area contributed by atoms with Gasteiger partial charge in [-0.15, -0.1) is 0 Å². The number of hydrogen-bond acceptors (Lipinski definition) is 6. The van der Waals surface area contributed by atoms with Crippen molar-refractivity contribution < 1.29 is 17.9 Å². The van der Waals surface area contributed by atoms with E-state index in [2.05, 4.69) is 9.71 Å². The van der Waals surface area contributed by atoms with Crippen molar-refractivity contribution in [2.45, 2.75) is 44.0 Å². The number of benzene rings is 2. The predicted molar refractivity (Wildman–Crippen MR) is 133 cm³/mol. The number of hydrogen-bond donors (Lipinski definition) is 3. The van der Waals surface area contributed by atoms with Crippen LogP contribution in [0.5, 0.6) is 0 Å². The molecular formula is C23H35N5O4S. The minimum Gasteiger partial charge on any atom is -0.464 e. The number of aliphatic imine (C=N–C) groups is 1. The summed E-state index contributed by atoms with van der Waals surface area (Å²) >= 11 is 0. The molecule has 10 heteroatoms. The molecule has 0 heterocycles. The topological polar surface area (TPSA) is 140 Å². The molecule has 182 valence electrons. The first kappa shape index (κ1) is 26.4. The third kappa shape index (κ3) is 7.61. The number of sulfonamides is 1. The second-order valence-electron chi connectivity index (χ2n) is 8.50. The maximum atomic E-state index is 13.4. The van der Waals surface area contributed by atoms with Crippen LogP contribution < -0.4 is 21.1 Å². The maximum absolute atomic E-state index is 13.4. The van der Waals surface area contributed by atoms with Crippen LogP contribution in [-0.2, 0) is 19.6 Å². The molecule has 2 aromatic rings. The molecule has 0 saturated heterocycles. The molecule has 2 rings (SSSR count). The van der Waals surface area contributed by atoms with Crippen molar-refractivity contribution in [3.05, 3.63) is 36.4 Å². The standard InChI is InChI=1S/C23H35N5O4S/c1-16(2)13-15-32-22(29)19(10-7-14-26-23(24)25)27-33(30,31)21-12-6-8-17-18(21)9-5-11-20(17)28(3)4/h5-6,8-9,11-12,16,19,27H,7,10,13-15H2,1-4H3,(H4,24,25,26)/t19-/m0/s1. The first-order chi connectivity index (χ1) is 15.5. The lowest BCUT2D eigenvalue weighted by Gasteiger charge is -2.20. The zero-order chi connectivity index (χ0) is 24.6. The van der Waals surface area contributed by atoms with Crippen molar-refractivity contribution in [2.75, 3.05) is 32.1 Å². The van der Waals surface area contributed by atoms with E-state index in [9.17, 15) is 13.2 Å². The van der Waals surface area contributed by atoms with E-state index >= 15 is 0 Å². The Morgan fingerprint density at radius 3 is 2.39 bits per heavy atom. The smallest absolute Gasteiger partial charge is 0.324 e. The fourth-order valence-electron chi connectivity index (χ4n) is 3.36. The summed E-state index contributed by atoms with van der Waals surface area (Å²) in [6.45, 7) is 4.54. The fourth-order valence-corrected chi connectivity index (χ4v) is 4.80. The summed E-state index contributed by atoms with van der Waals surface area (Å²) in [6.07, 6.45) is 1.30. The maximum Gasteiger partial charge on any atom is 0.324 e. The number of carbonyl (C=O) groups is 1. The van der Waals surface area contributed by atoms with Gasteiger partial charge in [0, 0.05) is 37.1 Å². The summed E-state index contributed by atoms with van der Waals surface area (Å²) in [4.78, 5) is 18.7. The molecule has 0 unspecified atom stereocenters. The van der Waals surface area contributed by atoms with Crippen molar-refractivity contribution in [1.82, 2.24) is 4.72 Å². The summed E-state index contributed by atoms with van der Waals surface area (Å²) in [5, 5.41) is 1.37. The number of rotatable bonds is 12. The summed E-state index contributed by atoms with van der Waals surface area (Å²) in [7, 11) is -0.229. The van der Waals surface area contributed by atoms with Crippen LogP contribution in [0.1, 0.15) is 33.1 Å². The number of esters is 1. The molecule has 0 fully saturated rings. The molecule has 0 spiro atoms.